The standard InChI is InChI=1S/C28H38N4O2/c1-3-20-5-9-27(32-12-10-30(2)11-13-32)26-18-21(4-7-23(20)26)25-19-22(6-8-24(25)28(29)33)31-14-16-34-17-15-31/h5-6,8-9,19,21H,3-4,7,10-18H2,1-2H3,(H2,29,33). The van der Waals surface area contributed by atoms with E-state index in [2.05, 4.69) is 52.9 Å². The molecule has 0 bridgehead atoms. The Morgan fingerprint density at radius 3 is 2.47 bits per heavy atom. The number of nitrogens with zero attached hydrogens (tertiary/aromatic N) is 3. The van der Waals surface area contributed by atoms with Crippen LogP contribution in [0.4, 0.5) is 11.4 Å². The van der Waals surface area contributed by atoms with E-state index in [0.29, 0.717) is 11.5 Å². The van der Waals surface area contributed by atoms with Crippen molar-refractivity contribution in [2.75, 3.05) is 69.3 Å². The second-order valence-corrected chi connectivity index (χ2v) is 10.0. The van der Waals surface area contributed by atoms with E-state index in [4.69, 9.17) is 10.5 Å². The van der Waals surface area contributed by atoms with Gasteiger partial charge in [-0.3, -0.25) is 4.79 Å². The van der Waals surface area contributed by atoms with E-state index < -0.39 is 0 Å². The normalized spacial score (nSPS) is 21.4. The third-order valence-electron chi connectivity index (χ3n) is 8.04. The second kappa shape index (κ2) is 9.96. The molecule has 0 spiro atoms. The lowest BCUT2D eigenvalue weighted by atomic mass is 9.76. The van der Waals surface area contributed by atoms with E-state index in [1.54, 1.807) is 5.56 Å². The number of carbonyl (C=O) groups is 1. The SMILES string of the molecule is CCc1ccc(N2CCN(C)CC2)c2c1CCC(c1cc(N3CCOCC3)ccc1C(N)=O)C2. The lowest BCUT2D eigenvalue weighted by Crippen LogP contribution is -2.45. The summed E-state index contributed by atoms with van der Waals surface area (Å²) < 4.78 is 5.54. The monoisotopic (exact) mass is 462 g/mol. The molecule has 2 N–H and O–H groups in total. The summed E-state index contributed by atoms with van der Waals surface area (Å²) in [4.78, 5) is 19.8. The van der Waals surface area contributed by atoms with Crippen molar-refractivity contribution in [3.05, 3.63) is 58.1 Å². The summed E-state index contributed by atoms with van der Waals surface area (Å²) in [5.41, 5.74) is 14.7. The van der Waals surface area contributed by atoms with Crippen LogP contribution in [0.2, 0.25) is 0 Å². The quantitative estimate of drug-likeness (QED) is 0.739. The van der Waals surface area contributed by atoms with Crippen molar-refractivity contribution in [3.8, 4) is 0 Å². The first-order valence-electron chi connectivity index (χ1n) is 12.9. The van der Waals surface area contributed by atoms with Gasteiger partial charge in [-0.25, -0.2) is 0 Å². The van der Waals surface area contributed by atoms with E-state index in [-0.39, 0.29) is 5.91 Å². The Labute approximate surface area is 203 Å². The molecule has 34 heavy (non-hydrogen) atoms. The smallest absolute Gasteiger partial charge is 0.248 e. The highest BCUT2D eigenvalue weighted by Crippen LogP contribution is 2.41. The first kappa shape index (κ1) is 23.2. The van der Waals surface area contributed by atoms with Crippen molar-refractivity contribution in [1.82, 2.24) is 4.90 Å². The largest absolute Gasteiger partial charge is 0.378 e. The number of carbonyl (C=O) groups excluding carboxylic acids is 1. The summed E-state index contributed by atoms with van der Waals surface area (Å²) in [5, 5.41) is 0. The van der Waals surface area contributed by atoms with Crippen LogP contribution in [0.15, 0.2) is 30.3 Å². The molecule has 2 saturated heterocycles. The molecule has 0 saturated carbocycles. The maximum atomic E-state index is 12.4. The van der Waals surface area contributed by atoms with Crippen molar-refractivity contribution in [3.63, 3.8) is 0 Å². The van der Waals surface area contributed by atoms with Crippen LogP contribution in [-0.4, -0.2) is 70.3 Å². The van der Waals surface area contributed by atoms with Crippen LogP contribution in [0.5, 0.6) is 0 Å². The molecule has 2 heterocycles. The summed E-state index contributed by atoms with van der Waals surface area (Å²) in [5.74, 6) is -0.0229. The number of primary amides is 1. The van der Waals surface area contributed by atoms with E-state index in [9.17, 15) is 4.79 Å². The highest BCUT2D eigenvalue weighted by molar-refractivity contribution is 5.95. The Bertz CT molecular complexity index is 1040. The number of nitrogens with two attached hydrogens (primary N) is 1. The number of rotatable bonds is 5. The van der Waals surface area contributed by atoms with Gasteiger partial charge in [0.15, 0.2) is 0 Å². The molecular weight excluding hydrogens is 424 g/mol. The zero-order chi connectivity index (χ0) is 23.7. The number of aryl methyl sites for hydroxylation is 1. The Morgan fingerprint density at radius 1 is 1.00 bits per heavy atom. The highest BCUT2D eigenvalue weighted by atomic mass is 16.5. The van der Waals surface area contributed by atoms with Crippen LogP contribution in [0.25, 0.3) is 0 Å². The lowest BCUT2D eigenvalue weighted by Gasteiger charge is -2.38. The minimum atomic E-state index is -0.323. The van der Waals surface area contributed by atoms with Gasteiger partial charge in [-0.05, 0) is 85.2 Å². The number of anilines is 2. The van der Waals surface area contributed by atoms with Crippen molar-refractivity contribution in [2.24, 2.45) is 5.73 Å². The van der Waals surface area contributed by atoms with E-state index in [0.717, 1.165) is 83.7 Å². The lowest BCUT2D eigenvalue weighted by molar-refractivity contribution is 0.0998. The van der Waals surface area contributed by atoms with E-state index >= 15 is 0 Å². The van der Waals surface area contributed by atoms with E-state index in [1.807, 2.05) is 6.07 Å². The number of hydrogen-bond donors (Lipinski definition) is 1. The molecule has 1 amide bonds. The summed E-state index contributed by atoms with van der Waals surface area (Å²) in [6.45, 7) is 9.86. The van der Waals surface area contributed by atoms with Gasteiger partial charge in [-0.15, -0.1) is 0 Å². The molecule has 2 aliphatic heterocycles. The number of benzene rings is 2. The third kappa shape index (κ3) is 4.53. The molecule has 1 atom stereocenters. The van der Waals surface area contributed by atoms with Gasteiger partial charge in [0, 0.05) is 56.2 Å². The van der Waals surface area contributed by atoms with Gasteiger partial charge in [0.2, 0.25) is 5.91 Å². The van der Waals surface area contributed by atoms with Crippen LogP contribution in [0.1, 0.15) is 51.9 Å². The predicted octanol–water partition coefficient (Wildman–Crippen LogP) is 3.21. The molecule has 0 aromatic heterocycles. The minimum Gasteiger partial charge on any atom is -0.378 e. The van der Waals surface area contributed by atoms with Crippen molar-refractivity contribution >= 4 is 17.3 Å². The number of ether oxygens (including phenoxy) is 1. The number of likely N-dealkylation sites (N-methyl/N-ethyl adjacent to an activating group) is 1. The number of morpholine rings is 1. The van der Waals surface area contributed by atoms with Gasteiger partial charge in [-0.2, -0.15) is 0 Å². The molecular formula is C28H38N4O2. The first-order valence-corrected chi connectivity index (χ1v) is 12.9. The molecule has 0 radical (unpaired) electrons. The van der Waals surface area contributed by atoms with Crippen molar-refractivity contribution in [2.45, 2.75) is 38.5 Å². The molecule has 1 unspecified atom stereocenters. The molecule has 2 aromatic carbocycles. The van der Waals surface area contributed by atoms with Crippen molar-refractivity contribution < 1.29 is 9.53 Å². The van der Waals surface area contributed by atoms with Gasteiger partial charge < -0.3 is 25.2 Å². The van der Waals surface area contributed by atoms with Gasteiger partial charge in [0.25, 0.3) is 0 Å². The molecule has 2 fully saturated rings. The zero-order valence-corrected chi connectivity index (χ0v) is 20.7. The topological polar surface area (TPSA) is 62.0 Å². The average molecular weight is 463 g/mol. The number of hydrogen-bond acceptors (Lipinski definition) is 5. The molecule has 6 heteroatoms. The molecule has 3 aliphatic rings. The summed E-state index contributed by atoms with van der Waals surface area (Å²) in [7, 11) is 2.20. The van der Waals surface area contributed by atoms with Crippen LogP contribution in [0, 0.1) is 0 Å². The minimum absolute atomic E-state index is 0.300. The van der Waals surface area contributed by atoms with E-state index in [1.165, 1.54) is 22.5 Å². The Hall–Kier alpha value is -2.57. The van der Waals surface area contributed by atoms with Crippen LogP contribution >= 0.6 is 0 Å². The third-order valence-corrected chi connectivity index (χ3v) is 8.04. The zero-order valence-electron chi connectivity index (χ0n) is 20.7. The second-order valence-electron chi connectivity index (χ2n) is 10.0. The first-order chi connectivity index (χ1) is 16.5. The summed E-state index contributed by atoms with van der Waals surface area (Å²) >= 11 is 0. The van der Waals surface area contributed by atoms with Gasteiger partial charge in [0.05, 0.1) is 13.2 Å². The highest BCUT2D eigenvalue weighted by Gasteiger charge is 2.29. The fourth-order valence-electron chi connectivity index (χ4n) is 6.01. The summed E-state index contributed by atoms with van der Waals surface area (Å²) in [6, 6.07) is 10.9. The Balaban J connectivity index is 1.50. The molecule has 1 aliphatic carbocycles. The molecule has 182 valence electrons. The average Bonchev–Trinajstić information content (AvgIpc) is 2.88. The molecule has 2 aromatic rings. The molecule has 6 nitrogen and oxygen atoms in total. The van der Waals surface area contributed by atoms with Gasteiger partial charge in [0.1, 0.15) is 0 Å². The van der Waals surface area contributed by atoms with Crippen LogP contribution in [-0.2, 0) is 24.0 Å². The van der Waals surface area contributed by atoms with Gasteiger partial charge >= 0.3 is 0 Å². The van der Waals surface area contributed by atoms with Crippen LogP contribution < -0.4 is 15.5 Å². The number of piperazine rings is 1. The Morgan fingerprint density at radius 2 is 1.76 bits per heavy atom. The fraction of sp³-hybridized carbons (Fsp3) is 0.536. The summed E-state index contributed by atoms with van der Waals surface area (Å²) in [6.07, 6.45) is 4.15. The maximum absolute atomic E-state index is 12.4. The molecule has 5 rings (SSSR count). The maximum Gasteiger partial charge on any atom is 0.248 e. The van der Waals surface area contributed by atoms with Crippen molar-refractivity contribution in [1.29, 1.82) is 0 Å². The number of amides is 1. The number of fused-ring (bicyclic) bond motifs is 1. The van der Waals surface area contributed by atoms with Crippen LogP contribution in [0.3, 0.4) is 0 Å². The predicted molar refractivity (Wildman–Crippen MR) is 138 cm³/mol. The van der Waals surface area contributed by atoms with Gasteiger partial charge in [-0.1, -0.05) is 13.0 Å². The Kier molecular flexibility index (Phi) is 6.79. The fourth-order valence-corrected chi connectivity index (χ4v) is 6.01.